The number of benzene rings is 1. The van der Waals surface area contributed by atoms with E-state index in [2.05, 4.69) is 22.0 Å². The van der Waals surface area contributed by atoms with Gasteiger partial charge in [0.25, 0.3) is 0 Å². The summed E-state index contributed by atoms with van der Waals surface area (Å²) in [6.45, 7) is 9.14. The molecular weight excluding hydrogens is 374 g/mol. The van der Waals surface area contributed by atoms with Crippen LogP contribution in [0.5, 0.6) is 0 Å². The number of rotatable bonds is 2. The molecule has 0 radical (unpaired) electrons. The summed E-state index contributed by atoms with van der Waals surface area (Å²) >= 11 is 1.68. The van der Waals surface area contributed by atoms with E-state index in [4.69, 9.17) is 9.47 Å². The van der Waals surface area contributed by atoms with Crippen LogP contribution in [0.15, 0.2) is 36.5 Å². The summed E-state index contributed by atoms with van der Waals surface area (Å²) in [6, 6.07) is 10.3. The monoisotopic (exact) mass is 401 g/mol. The number of carbonyl (C=O) groups is 1. The molecule has 1 aromatic heterocycles. The largest absolute Gasteiger partial charge is 0.444 e. The molecule has 6 nitrogen and oxygen atoms in total. The molecule has 4 rings (SSSR count). The van der Waals surface area contributed by atoms with Gasteiger partial charge in [0, 0.05) is 37.7 Å². The van der Waals surface area contributed by atoms with E-state index >= 15 is 0 Å². The van der Waals surface area contributed by atoms with E-state index in [0.29, 0.717) is 38.3 Å². The molecule has 3 heterocycles. The highest BCUT2D eigenvalue weighted by Crippen LogP contribution is 2.34. The quantitative estimate of drug-likeness (QED) is 0.759. The van der Waals surface area contributed by atoms with Crippen molar-refractivity contribution >= 4 is 22.6 Å². The molecule has 0 spiro atoms. The Morgan fingerprint density at radius 1 is 1.18 bits per heavy atom. The zero-order chi connectivity index (χ0) is 19.7. The van der Waals surface area contributed by atoms with Crippen molar-refractivity contribution in [3.8, 4) is 10.4 Å². The molecule has 2 aromatic rings. The van der Waals surface area contributed by atoms with E-state index in [1.54, 1.807) is 11.3 Å². The number of likely N-dealkylation sites (tertiary alicyclic amines) is 1. The van der Waals surface area contributed by atoms with Gasteiger partial charge in [-0.3, -0.25) is 0 Å². The minimum absolute atomic E-state index is 0.229. The van der Waals surface area contributed by atoms with Crippen molar-refractivity contribution in [3.05, 3.63) is 36.5 Å². The molecule has 1 amide bonds. The van der Waals surface area contributed by atoms with Gasteiger partial charge in [-0.2, -0.15) is 0 Å². The number of amides is 1. The van der Waals surface area contributed by atoms with E-state index in [9.17, 15) is 4.79 Å². The van der Waals surface area contributed by atoms with E-state index in [1.165, 1.54) is 5.56 Å². The molecule has 150 valence electrons. The van der Waals surface area contributed by atoms with Crippen LogP contribution < -0.4 is 4.90 Å². The molecule has 2 atom stereocenters. The second kappa shape index (κ2) is 7.72. The number of fused-ring (bicyclic) bond motifs is 1. The summed E-state index contributed by atoms with van der Waals surface area (Å²) in [6.07, 6.45) is 1.70. The molecule has 2 aliphatic heterocycles. The van der Waals surface area contributed by atoms with Crippen molar-refractivity contribution in [3.63, 3.8) is 0 Å². The molecule has 2 fully saturated rings. The lowest BCUT2D eigenvalue weighted by Gasteiger charge is -2.25. The van der Waals surface area contributed by atoms with Crippen LogP contribution in [0.2, 0.25) is 0 Å². The first-order chi connectivity index (χ1) is 13.4. The summed E-state index contributed by atoms with van der Waals surface area (Å²) in [5.41, 5.74) is 0.704. The lowest BCUT2D eigenvalue weighted by Crippen LogP contribution is -2.37. The Morgan fingerprint density at radius 3 is 2.68 bits per heavy atom. The van der Waals surface area contributed by atoms with Crippen molar-refractivity contribution in [1.82, 2.24) is 9.88 Å². The minimum Gasteiger partial charge on any atom is -0.444 e. The Morgan fingerprint density at radius 2 is 1.93 bits per heavy atom. The van der Waals surface area contributed by atoms with E-state index < -0.39 is 5.60 Å². The number of carbonyl (C=O) groups excluding carboxylic acids is 1. The van der Waals surface area contributed by atoms with Crippen molar-refractivity contribution in [2.45, 2.75) is 26.4 Å². The van der Waals surface area contributed by atoms with Gasteiger partial charge < -0.3 is 19.3 Å². The fraction of sp³-hybridized carbons (Fsp3) is 0.524. The Bertz CT molecular complexity index is 818. The summed E-state index contributed by atoms with van der Waals surface area (Å²) in [7, 11) is 0. The standard InChI is InChI=1S/C21H27N3O3S/c1-21(2,3)27-20(25)23-10-16-11-24(14-26-13-17(16)12-23)19-22-9-18(28-19)15-7-5-4-6-8-15/h4-9,16-17H,10-14H2,1-3H3/t16-,17+/m0/s1. The highest BCUT2D eigenvalue weighted by molar-refractivity contribution is 7.18. The van der Waals surface area contributed by atoms with Gasteiger partial charge in [0.1, 0.15) is 12.3 Å². The second-order valence-electron chi connectivity index (χ2n) is 8.50. The van der Waals surface area contributed by atoms with Gasteiger partial charge in [0.15, 0.2) is 5.13 Å². The van der Waals surface area contributed by atoms with Crippen molar-refractivity contribution in [2.24, 2.45) is 11.8 Å². The maximum atomic E-state index is 12.4. The van der Waals surface area contributed by atoms with Crippen LogP contribution in [0, 0.1) is 11.8 Å². The van der Waals surface area contributed by atoms with Crippen LogP contribution in [0.25, 0.3) is 10.4 Å². The molecular formula is C21H27N3O3S. The maximum absolute atomic E-state index is 12.4. The Kier molecular flexibility index (Phi) is 5.29. The summed E-state index contributed by atoms with van der Waals surface area (Å²) in [5, 5.41) is 0.968. The predicted octanol–water partition coefficient (Wildman–Crippen LogP) is 4.09. The molecule has 1 aromatic carbocycles. The number of hydrogen-bond donors (Lipinski definition) is 0. The minimum atomic E-state index is -0.473. The van der Waals surface area contributed by atoms with Crippen LogP contribution >= 0.6 is 11.3 Å². The number of nitrogens with zero attached hydrogens (tertiary/aromatic N) is 3. The first kappa shape index (κ1) is 19.2. The average molecular weight is 402 g/mol. The summed E-state index contributed by atoms with van der Waals surface area (Å²) < 4.78 is 11.5. The Hall–Kier alpha value is -2.12. The Balaban J connectivity index is 1.44. The van der Waals surface area contributed by atoms with Gasteiger partial charge in [0.05, 0.1) is 11.5 Å². The van der Waals surface area contributed by atoms with Crippen LogP contribution in [0.3, 0.4) is 0 Å². The average Bonchev–Trinajstić information content (AvgIpc) is 3.24. The highest BCUT2D eigenvalue weighted by atomic mass is 32.1. The molecule has 2 aliphatic rings. The zero-order valence-corrected chi connectivity index (χ0v) is 17.4. The highest BCUT2D eigenvalue weighted by Gasteiger charge is 2.39. The van der Waals surface area contributed by atoms with Gasteiger partial charge in [-0.25, -0.2) is 9.78 Å². The molecule has 2 saturated heterocycles. The first-order valence-electron chi connectivity index (χ1n) is 9.71. The summed E-state index contributed by atoms with van der Waals surface area (Å²) in [4.78, 5) is 22.2. The van der Waals surface area contributed by atoms with Crippen molar-refractivity contribution < 1.29 is 14.3 Å². The fourth-order valence-electron chi connectivity index (χ4n) is 3.74. The van der Waals surface area contributed by atoms with Crippen molar-refractivity contribution in [1.29, 1.82) is 0 Å². The van der Waals surface area contributed by atoms with E-state index in [-0.39, 0.29) is 6.09 Å². The number of aromatic nitrogens is 1. The van der Waals surface area contributed by atoms with Gasteiger partial charge in [-0.05, 0) is 26.3 Å². The lowest BCUT2D eigenvalue weighted by atomic mass is 9.97. The van der Waals surface area contributed by atoms with Gasteiger partial charge in [-0.1, -0.05) is 41.7 Å². The third-order valence-electron chi connectivity index (χ3n) is 5.08. The first-order valence-corrected chi connectivity index (χ1v) is 10.5. The third-order valence-corrected chi connectivity index (χ3v) is 6.19. The maximum Gasteiger partial charge on any atom is 0.410 e. The molecule has 0 aliphatic carbocycles. The second-order valence-corrected chi connectivity index (χ2v) is 9.51. The summed E-state index contributed by atoms with van der Waals surface area (Å²) in [5.74, 6) is 0.699. The number of thiazole rings is 1. The Labute approximate surface area is 170 Å². The molecule has 0 saturated carbocycles. The lowest BCUT2D eigenvalue weighted by molar-refractivity contribution is 0.0271. The van der Waals surface area contributed by atoms with Crippen molar-refractivity contribution in [2.75, 3.05) is 37.9 Å². The molecule has 28 heavy (non-hydrogen) atoms. The van der Waals surface area contributed by atoms with E-state index in [0.717, 1.165) is 16.6 Å². The van der Waals surface area contributed by atoms with Crippen LogP contribution in [0.1, 0.15) is 20.8 Å². The van der Waals surface area contributed by atoms with Crippen LogP contribution in [0.4, 0.5) is 9.93 Å². The third kappa shape index (κ3) is 4.31. The van der Waals surface area contributed by atoms with Gasteiger partial charge >= 0.3 is 6.09 Å². The molecule has 0 unspecified atom stereocenters. The zero-order valence-electron chi connectivity index (χ0n) is 16.6. The van der Waals surface area contributed by atoms with Gasteiger partial charge in [0.2, 0.25) is 0 Å². The predicted molar refractivity (Wildman–Crippen MR) is 111 cm³/mol. The van der Waals surface area contributed by atoms with Crippen LogP contribution in [-0.2, 0) is 9.47 Å². The van der Waals surface area contributed by atoms with E-state index in [1.807, 2.05) is 50.1 Å². The molecule has 0 N–H and O–H groups in total. The molecule has 0 bridgehead atoms. The van der Waals surface area contributed by atoms with Gasteiger partial charge in [-0.15, -0.1) is 0 Å². The normalized spacial score (nSPS) is 22.7. The smallest absolute Gasteiger partial charge is 0.410 e. The van der Waals surface area contributed by atoms with Crippen LogP contribution in [-0.4, -0.2) is 54.6 Å². The number of ether oxygens (including phenoxy) is 2. The number of anilines is 1. The topological polar surface area (TPSA) is 54.9 Å². The number of hydrogen-bond acceptors (Lipinski definition) is 6. The fourth-order valence-corrected chi connectivity index (χ4v) is 4.66. The SMILES string of the molecule is CC(C)(C)OC(=O)N1C[C@@H]2COCN(c3ncc(-c4ccccc4)s3)C[C@@H]2C1. The molecule has 7 heteroatoms.